The van der Waals surface area contributed by atoms with Crippen LogP contribution in [-0.2, 0) is 0 Å². The fourth-order valence-corrected chi connectivity index (χ4v) is 18.8. The zero-order valence-electron chi connectivity index (χ0n) is 59.4. The van der Waals surface area contributed by atoms with Gasteiger partial charge in [-0.1, -0.05) is 249 Å². The van der Waals surface area contributed by atoms with E-state index in [0.29, 0.717) is 11.1 Å². The van der Waals surface area contributed by atoms with Crippen LogP contribution in [0.25, 0.3) is 229 Å². The highest BCUT2D eigenvalue weighted by molar-refractivity contribution is 6.30. The first-order chi connectivity index (χ1) is 54.4. The summed E-state index contributed by atoms with van der Waals surface area (Å²) in [4.78, 5) is 0. The number of para-hydroxylation sites is 2. The number of aromatic nitrogens is 2. The van der Waals surface area contributed by atoms with E-state index < -0.39 is 0 Å². The Labute approximate surface area is 632 Å². The zero-order valence-corrected chi connectivity index (χ0v) is 59.4. The molecule has 0 bridgehead atoms. The van der Waals surface area contributed by atoms with Gasteiger partial charge in [-0.05, 0) is 279 Å². The van der Waals surface area contributed by atoms with Crippen molar-refractivity contribution in [1.29, 1.82) is 10.5 Å². The van der Waals surface area contributed by atoms with E-state index in [9.17, 15) is 10.5 Å². The van der Waals surface area contributed by atoms with Crippen LogP contribution in [-0.4, -0.2) is 9.13 Å². The van der Waals surface area contributed by atoms with E-state index in [4.69, 9.17) is 0 Å². The number of fused-ring (bicyclic) bond motifs is 2. The lowest BCUT2D eigenvalue weighted by atomic mass is 9.88. The molecule has 0 saturated heterocycles. The van der Waals surface area contributed by atoms with Gasteiger partial charge in [0.1, 0.15) is 0 Å². The van der Waals surface area contributed by atoms with Crippen LogP contribution >= 0.6 is 0 Å². The molecule has 24 aromatic rings. The van der Waals surface area contributed by atoms with Crippen molar-refractivity contribution in [2.24, 2.45) is 0 Å². The van der Waals surface area contributed by atoms with Crippen molar-refractivity contribution < 1.29 is 0 Å². The van der Waals surface area contributed by atoms with Crippen molar-refractivity contribution >= 4 is 151 Å². The predicted octanol–water partition coefficient (Wildman–Crippen LogP) is 28.6. The number of benzene rings is 22. The first-order valence-electron chi connectivity index (χ1n) is 37.6. The second kappa shape index (κ2) is 23.8. The summed E-state index contributed by atoms with van der Waals surface area (Å²) in [6.07, 6.45) is 0. The third kappa shape index (κ3) is 9.25. The van der Waals surface area contributed by atoms with Crippen LogP contribution in [0.2, 0.25) is 0 Å². The standard InChI is InChI=1S/2C53H30N2/c54-31-39-21-25-48-52-46(39)22-23-47-45(24-26-49(53(47)52)55(48)42-9-2-1-3-10-42)34-15-13-32(14-16-34)40-27-35-17-19-37-29-41(30-38-20-18-36(28-40)50(35)51(37)38)44-12-6-8-33-7-4-5-11-43(33)44;54-31-41-20-24-48-52-46(41)21-22-47-45(23-25-49(53(47)52)55(48)44-8-2-1-3-9-44)34-13-10-33(11-14-34)42-27-37-16-18-39-29-43(30-40-19-17-38(28-42)50(37)51(39)40)36-15-12-32-6-4-5-7-35(32)26-36/h2*1-30H. The largest absolute Gasteiger partial charge is 0.309 e. The molecule has 22 aromatic carbocycles. The minimum Gasteiger partial charge on any atom is -0.309 e. The molecule has 0 atom stereocenters. The highest BCUT2D eigenvalue weighted by Crippen LogP contribution is 2.49. The third-order valence-electron chi connectivity index (χ3n) is 23.8. The molecule has 24 rings (SSSR count). The second-order valence-electron chi connectivity index (χ2n) is 29.6. The lowest BCUT2D eigenvalue weighted by Gasteiger charge is -2.15. The van der Waals surface area contributed by atoms with E-state index in [1.165, 1.54) is 174 Å². The molecule has 2 aromatic heterocycles. The molecule has 0 fully saturated rings. The SMILES string of the molecule is N#Cc1ccc2c3c1ccc1c(-c4ccc(-c5cc6ccc7cc(-c8ccc9ccccc9c8)cc8ccc(c5)c6c78)cc4)ccc(c13)n2-c1ccccc1.N#Cc1ccc2c3c1ccc1c(-c4ccc(-c5cc6ccc7cc(-c8cccc9ccccc89)cc8ccc(c5)c6c78)cc4)ccc(c13)n2-c1ccccc1. The molecule has 110 heavy (non-hydrogen) atoms. The molecular formula is C106H60N4. The molecule has 0 spiro atoms. The molecule has 0 saturated carbocycles. The summed E-state index contributed by atoms with van der Waals surface area (Å²) >= 11 is 0. The van der Waals surface area contributed by atoms with E-state index in [1.54, 1.807) is 0 Å². The Kier molecular flexibility index (Phi) is 13.3. The summed E-state index contributed by atoms with van der Waals surface area (Å²) in [6, 6.07) is 137. The lowest BCUT2D eigenvalue weighted by molar-refractivity contribution is 1.18. The lowest BCUT2D eigenvalue weighted by Crippen LogP contribution is -1.93. The maximum Gasteiger partial charge on any atom is 0.0998 e. The van der Waals surface area contributed by atoms with Gasteiger partial charge in [0.05, 0.1) is 45.3 Å². The van der Waals surface area contributed by atoms with Gasteiger partial charge in [-0.3, -0.25) is 0 Å². The van der Waals surface area contributed by atoms with E-state index in [0.717, 1.165) is 55.0 Å². The minimum atomic E-state index is 0.704. The highest BCUT2D eigenvalue weighted by atomic mass is 15.0. The van der Waals surface area contributed by atoms with E-state index in [1.807, 2.05) is 24.3 Å². The monoisotopic (exact) mass is 1390 g/mol. The molecule has 0 unspecified atom stereocenters. The molecule has 0 amide bonds. The average molecular weight is 1390 g/mol. The van der Waals surface area contributed by atoms with Gasteiger partial charge < -0.3 is 9.13 Å². The summed E-state index contributed by atoms with van der Waals surface area (Å²) in [5.74, 6) is 0. The Morgan fingerprint density at radius 2 is 0.482 bits per heavy atom. The van der Waals surface area contributed by atoms with Gasteiger partial charge in [-0.15, -0.1) is 0 Å². The topological polar surface area (TPSA) is 57.4 Å². The fourth-order valence-electron chi connectivity index (χ4n) is 18.8. The molecule has 0 N–H and O–H groups in total. The quantitative estimate of drug-likeness (QED) is 0.142. The minimum absolute atomic E-state index is 0.704. The van der Waals surface area contributed by atoms with E-state index >= 15 is 0 Å². The molecule has 504 valence electrons. The van der Waals surface area contributed by atoms with Crippen molar-refractivity contribution in [1.82, 2.24) is 9.13 Å². The van der Waals surface area contributed by atoms with Crippen LogP contribution in [0.3, 0.4) is 0 Å². The Balaban J connectivity index is 0.000000132. The maximum absolute atomic E-state index is 10.0. The highest BCUT2D eigenvalue weighted by Gasteiger charge is 2.24. The van der Waals surface area contributed by atoms with Crippen LogP contribution in [0.1, 0.15) is 11.1 Å². The molecule has 0 aliphatic rings. The van der Waals surface area contributed by atoms with Crippen molar-refractivity contribution in [3.05, 3.63) is 375 Å². The van der Waals surface area contributed by atoms with E-state index in [2.05, 4.69) is 361 Å². The fraction of sp³-hybridized carbons (Fsp3) is 0. The molecule has 4 heteroatoms. The summed E-state index contributed by atoms with van der Waals surface area (Å²) in [6.45, 7) is 0. The van der Waals surface area contributed by atoms with Crippen LogP contribution in [0.15, 0.2) is 364 Å². The second-order valence-corrected chi connectivity index (χ2v) is 29.6. The van der Waals surface area contributed by atoms with Crippen LogP contribution in [0.5, 0.6) is 0 Å². The predicted molar refractivity (Wildman–Crippen MR) is 463 cm³/mol. The maximum atomic E-state index is 10.0. The van der Waals surface area contributed by atoms with Gasteiger partial charge in [-0.2, -0.15) is 10.5 Å². The first kappa shape index (κ1) is 61.4. The Bertz CT molecular complexity index is 7860. The number of hydrogen-bond donors (Lipinski definition) is 0. The van der Waals surface area contributed by atoms with Gasteiger partial charge in [0.25, 0.3) is 0 Å². The van der Waals surface area contributed by atoms with Crippen LogP contribution < -0.4 is 0 Å². The Morgan fingerprint density at radius 1 is 0.173 bits per heavy atom. The molecule has 0 aliphatic heterocycles. The molecule has 0 aliphatic carbocycles. The summed E-state index contributed by atoms with van der Waals surface area (Å²) in [7, 11) is 0. The summed E-state index contributed by atoms with van der Waals surface area (Å²) in [5, 5.41) is 49.6. The zero-order chi connectivity index (χ0) is 72.4. The van der Waals surface area contributed by atoms with Gasteiger partial charge in [0.2, 0.25) is 0 Å². The third-order valence-corrected chi connectivity index (χ3v) is 23.8. The van der Waals surface area contributed by atoms with Gasteiger partial charge >= 0.3 is 0 Å². The van der Waals surface area contributed by atoms with Crippen molar-refractivity contribution in [3.63, 3.8) is 0 Å². The molecule has 2 heterocycles. The number of nitrogens with zero attached hydrogens (tertiary/aromatic N) is 4. The van der Waals surface area contributed by atoms with Crippen molar-refractivity contribution in [3.8, 4) is 90.3 Å². The number of nitriles is 2. The van der Waals surface area contributed by atoms with Crippen molar-refractivity contribution in [2.75, 3.05) is 0 Å². The van der Waals surface area contributed by atoms with Gasteiger partial charge in [0.15, 0.2) is 0 Å². The van der Waals surface area contributed by atoms with Crippen LogP contribution in [0, 0.1) is 22.7 Å². The normalized spacial score (nSPS) is 12.0. The van der Waals surface area contributed by atoms with E-state index in [-0.39, 0.29) is 0 Å². The Hall–Kier alpha value is -14.9. The smallest absolute Gasteiger partial charge is 0.0998 e. The van der Waals surface area contributed by atoms with Gasteiger partial charge in [0, 0.05) is 43.7 Å². The first-order valence-corrected chi connectivity index (χ1v) is 37.6. The average Bonchev–Trinajstić information content (AvgIpc) is 1.38. The molecular weight excluding hydrogens is 1330 g/mol. The molecule has 0 radical (unpaired) electrons. The van der Waals surface area contributed by atoms with Crippen LogP contribution in [0.4, 0.5) is 0 Å². The van der Waals surface area contributed by atoms with Crippen molar-refractivity contribution in [2.45, 2.75) is 0 Å². The Morgan fingerprint density at radius 3 is 0.918 bits per heavy atom. The molecule has 4 nitrogen and oxygen atoms in total. The number of rotatable bonds is 8. The summed E-state index contributed by atoms with van der Waals surface area (Å²) in [5.41, 5.74) is 22.7. The van der Waals surface area contributed by atoms with Gasteiger partial charge in [-0.25, -0.2) is 0 Å². The summed E-state index contributed by atoms with van der Waals surface area (Å²) < 4.78 is 4.66. The number of hydrogen-bond acceptors (Lipinski definition) is 2.